The standard InChI is InChI=1S/C45H59N7O8/c1-6-17-38(41(55)58-28-30-18-8-7-9-19-30)51-39(53)36(25-16-27-48-42(46)47-5)50-40(54)37(24-14-15-26-49-43(56)60-45(2,3)4)52-44(57)59-29-35-33-22-12-10-20-31(33)32-21-11-13-23-34(32)35/h6-13,18-23,35-38H,1,14-17,24-29H2,2-5H3,(H,49,56)(H,50,54)(H,51,53)(H,52,57)(H3,46,47,48)/t36-,37-,38+/m1/s1. The van der Waals surface area contributed by atoms with Crippen molar-refractivity contribution in [2.24, 2.45) is 10.7 Å². The zero-order chi connectivity index (χ0) is 43.5. The number of hydrogen-bond donors (Lipinski definition) is 6. The normalized spacial score (nSPS) is 13.6. The molecule has 0 saturated carbocycles. The van der Waals surface area contributed by atoms with Gasteiger partial charge in [0, 0.05) is 26.1 Å². The minimum Gasteiger partial charge on any atom is -0.459 e. The fourth-order valence-electron chi connectivity index (χ4n) is 6.65. The average Bonchev–Trinajstić information content (AvgIpc) is 3.55. The van der Waals surface area contributed by atoms with Gasteiger partial charge in [-0.2, -0.15) is 0 Å². The Morgan fingerprint density at radius 1 is 0.733 bits per heavy atom. The van der Waals surface area contributed by atoms with Crippen molar-refractivity contribution in [2.75, 3.05) is 26.7 Å². The molecule has 0 aromatic heterocycles. The van der Waals surface area contributed by atoms with Gasteiger partial charge in [0.15, 0.2) is 5.96 Å². The van der Waals surface area contributed by atoms with E-state index < -0.39 is 53.7 Å². The minimum absolute atomic E-state index is 0.00589. The molecule has 7 N–H and O–H groups in total. The number of carbonyl (C=O) groups excluding carboxylic acids is 5. The van der Waals surface area contributed by atoms with Crippen molar-refractivity contribution in [3.05, 3.63) is 108 Å². The maximum atomic E-state index is 14.1. The van der Waals surface area contributed by atoms with Crippen molar-refractivity contribution < 1.29 is 38.2 Å². The van der Waals surface area contributed by atoms with Crippen LogP contribution in [0.25, 0.3) is 11.1 Å². The van der Waals surface area contributed by atoms with Gasteiger partial charge in [0.2, 0.25) is 11.8 Å². The lowest BCUT2D eigenvalue weighted by atomic mass is 9.98. The van der Waals surface area contributed by atoms with Crippen LogP contribution in [-0.4, -0.2) is 86.4 Å². The number of benzene rings is 3. The Hall–Kier alpha value is -6.38. The molecule has 3 aromatic rings. The van der Waals surface area contributed by atoms with E-state index in [1.807, 2.05) is 78.9 Å². The van der Waals surface area contributed by atoms with Gasteiger partial charge >= 0.3 is 18.2 Å². The van der Waals surface area contributed by atoms with E-state index in [0.29, 0.717) is 25.8 Å². The number of nitrogens with one attached hydrogen (secondary N) is 5. The van der Waals surface area contributed by atoms with Gasteiger partial charge in [-0.15, -0.1) is 6.58 Å². The van der Waals surface area contributed by atoms with E-state index in [1.165, 1.54) is 13.1 Å². The predicted molar refractivity (Wildman–Crippen MR) is 230 cm³/mol. The maximum absolute atomic E-state index is 14.1. The molecule has 0 unspecified atom stereocenters. The molecule has 60 heavy (non-hydrogen) atoms. The van der Waals surface area contributed by atoms with E-state index >= 15 is 0 Å². The van der Waals surface area contributed by atoms with E-state index in [2.05, 4.69) is 38.2 Å². The van der Waals surface area contributed by atoms with Crippen molar-refractivity contribution in [3.8, 4) is 11.1 Å². The first-order valence-corrected chi connectivity index (χ1v) is 20.3. The van der Waals surface area contributed by atoms with Gasteiger partial charge in [-0.25, -0.2) is 14.4 Å². The first-order chi connectivity index (χ1) is 28.8. The van der Waals surface area contributed by atoms with Gasteiger partial charge < -0.3 is 46.5 Å². The highest BCUT2D eigenvalue weighted by Gasteiger charge is 2.32. The van der Waals surface area contributed by atoms with E-state index in [4.69, 9.17) is 19.9 Å². The van der Waals surface area contributed by atoms with Crippen LogP contribution in [0.2, 0.25) is 0 Å². The predicted octanol–water partition coefficient (Wildman–Crippen LogP) is 5.19. The molecule has 3 aromatic carbocycles. The van der Waals surface area contributed by atoms with Crippen LogP contribution in [0.15, 0.2) is 96.5 Å². The van der Waals surface area contributed by atoms with E-state index in [9.17, 15) is 24.0 Å². The number of esters is 1. The number of nitrogens with two attached hydrogens (primary N) is 1. The highest BCUT2D eigenvalue weighted by atomic mass is 16.6. The molecule has 0 spiro atoms. The third kappa shape index (κ3) is 14.8. The summed E-state index contributed by atoms with van der Waals surface area (Å²) >= 11 is 0. The summed E-state index contributed by atoms with van der Waals surface area (Å²) in [5.41, 5.74) is 10.1. The molecule has 0 aliphatic heterocycles. The number of rotatable bonds is 21. The zero-order valence-corrected chi connectivity index (χ0v) is 35.0. The third-order valence-corrected chi connectivity index (χ3v) is 9.62. The molecule has 0 fully saturated rings. The Labute approximate surface area is 352 Å². The van der Waals surface area contributed by atoms with Crippen LogP contribution in [0, 0.1) is 0 Å². The molecule has 15 heteroatoms. The second-order valence-corrected chi connectivity index (χ2v) is 15.4. The van der Waals surface area contributed by atoms with Crippen LogP contribution in [0.5, 0.6) is 0 Å². The Kier molecular flexibility index (Phi) is 18.0. The van der Waals surface area contributed by atoms with Gasteiger partial charge in [0.1, 0.15) is 36.9 Å². The minimum atomic E-state index is -1.13. The summed E-state index contributed by atoms with van der Waals surface area (Å²) in [6.07, 6.45) is 1.72. The van der Waals surface area contributed by atoms with E-state index in [-0.39, 0.29) is 50.9 Å². The van der Waals surface area contributed by atoms with Crippen LogP contribution in [0.1, 0.15) is 81.9 Å². The maximum Gasteiger partial charge on any atom is 0.407 e. The summed E-state index contributed by atoms with van der Waals surface area (Å²) in [7, 11) is 1.53. The molecular formula is C45H59N7O8. The highest BCUT2D eigenvalue weighted by Crippen LogP contribution is 2.44. The van der Waals surface area contributed by atoms with Crippen LogP contribution in [0.3, 0.4) is 0 Å². The van der Waals surface area contributed by atoms with Gasteiger partial charge in [-0.1, -0.05) is 84.9 Å². The molecule has 0 heterocycles. The fourth-order valence-corrected chi connectivity index (χ4v) is 6.65. The topological polar surface area (TPSA) is 212 Å². The van der Waals surface area contributed by atoms with Crippen LogP contribution in [-0.2, 0) is 35.2 Å². The smallest absolute Gasteiger partial charge is 0.407 e. The molecule has 322 valence electrons. The fraction of sp³-hybridized carbons (Fsp3) is 0.422. The summed E-state index contributed by atoms with van der Waals surface area (Å²) < 4.78 is 16.6. The largest absolute Gasteiger partial charge is 0.459 e. The highest BCUT2D eigenvalue weighted by molar-refractivity contribution is 5.93. The average molecular weight is 826 g/mol. The number of unbranched alkanes of at least 4 members (excludes halogenated alkanes) is 1. The molecule has 3 atom stereocenters. The van der Waals surface area contributed by atoms with Gasteiger partial charge in [0.05, 0.1) is 0 Å². The Bertz CT molecular complexity index is 1900. The second kappa shape index (κ2) is 23.3. The number of nitrogens with zero attached hydrogens (tertiary/aromatic N) is 1. The second-order valence-electron chi connectivity index (χ2n) is 15.4. The molecule has 4 rings (SSSR count). The first-order valence-electron chi connectivity index (χ1n) is 20.3. The number of aliphatic imine (C=N–C) groups is 1. The number of guanidine groups is 1. The number of hydrogen-bond acceptors (Lipinski definition) is 9. The number of ether oxygens (including phenoxy) is 3. The quantitative estimate of drug-likeness (QED) is 0.0207. The van der Waals surface area contributed by atoms with Crippen molar-refractivity contribution in [1.29, 1.82) is 0 Å². The third-order valence-electron chi connectivity index (χ3n) is 9.62. The molecule has 0 radical (unpaired) electrons. The summed E-state index contributed by atoms with van der Waals surface area (Å²) in [4.78, 5) is 70.7. The molecule has 15 nitrogen and oxygen atoms in total. The summed E-state index contributed by atoms with van der Waals surface area (Å²) in [5, 5.41) is 13.9. The molecule has 0 bridgehead atoms. The summed E-state index contributed by atoms with van der Waals surface area (Å²) in [6, 6.07) is 21.7. The summed E-state index contributed by atoms with van der Waals surface area (Å²) in [6.45, 7) is 9.66. The van der Waals surface area contributed by atoms with Gasteiger partial charge in [0.25, 0.3) is 0 Å². The Morgan fingerprint density at radius 2 is 1.30 bits per heavy atom. The number of carbonyl (C=O) groups is 5. The lowest BCUT2D eigenvalue weighted by Gasteiger charge is -2.25. The molecule has 0 saturated heterocycles. The first kappa shape index (κ1) is 46.3. The van der Waals surface area contributed by atoms with Crippen molar-refractivity contribution in [3.63, 3.8) is 0 Å². The monoisotopic (exact) mass is 825 g/mol. The summed E-state index contributed by atoms with van der Waals surface area (Å²) in [5.74, 6) is -1.93. The lowest BCUT2D eigenvalue weighted by Crippen LogP contribution is -2.56. The lowest BCUT2D eigenvalue weighted by molar-refractivity contribution is -0.149. The van der Waals surface area contributed by atoms with E-state index in [1.54, 1.807) is 20.8 Å². The van der Waals surface area contributed by atoms with Crippen molar-refractivity contribution in [2.45, 2.75) is 95.5 Å². The molecule has 1 aliphatic rings. The number of alkyl carbamates (subject to hydrolysis) is 2. The van der Waals surface area contributed by atoms with Gasteiger partial charge in [-0.3, -0.25) is 14.6 Å². The molecule has 4 amide bonds. The Balaban J connectivity index is 1.47. The molecular weight excluding hydrogens is 767 g/mol. The van der Waals surface area contributed by atoms with E-state index in [0.717, 1.165) is 27.8 Å². The van der Waals surface area contributed by atoms with Crippen molar-refractivity contribution in [1.82, 2.24) is 26.6 Å². The number of amides is 4. The van der Waals surface area contributed by atoms with Crippen LogP contribution < -0.4 is 32.3 Å². The van der Waals surface area contributed by atoms with Crippen molar-refractivity contribution >= 4 is 35.9 Å². The number of fused-ring (bicyclic) bond motifs is 3. The van der Waals surface area contributed by atoms with Gasteiger partial charge in [-0.05, 0) is 87.1 Å². The zero-order valence-electron chi connectivity index (χ0n) is 35.0. The van der Waals surface area contributed by atoms with Crippen LogP contribution in [0.4, 0.5) is 9.59 Å². The SMILES string of the molecule is C=CC[C@H](NC(=O)[C@@H](CCCNC(N)=NC)NC(=O)[C@@H](CCCCNC(=O)OC(C)(C)C)NC(=O)OCC1c2ccccc2-c2ccccc21)C(=O)OCc1ccccc1. The van der Waals surface area contributed by atoms with Crippen LogP contribution >= 0.6 is 0 Å². The Morgan fingerprint density at radius 3 is 1.92 bits per heavy atom. The molecule has 1 aliphatic carbocycles.